The number of benzene rings is 1. The molecule has 0 saturated carbocycles. The van der Waals surface area contributed by atoms with Crippen molar-refractivity contribution in [1.82, 2.24) is 20.3 Å². The van der Waals surface area contributed by atoms with E-state index in [1.807, 2.05) is 6.92 Å². The number of aryl methyl sites for hydroxylation is 1. The molecule has 2 rings (SSSR count). The molecule has 1 unspecified atom stereocenters. The molecule has 114 valence electrons. The molecule has 2 aromatic rings. The summed E-state index contributed by atoms with van der Waals surface area (Å²) < 4.78 is 39.9. The van der Waals surface area contributed by atoms with Crippen LogP contribution in [0.2, 0.25) is 0 Å². The standard InChI is InChI=1S/C14H17F3N4/c1-3-18-12(13-9-19-20-21(13)2)8-10-5-4-6-11(7-10)14(15,16)17/h4-7,9,12,18H,3,8H2,1-2H3. The highest BCUT2D eigenvalue weighted by Gasteiger charge is 2.30. The molecule has 0 fully saturated rings. The Morgan fingerprint density at radius 3 is 2.67 bits per heavy atom. The van der Waals surface area contributed by atoms with Gasteiger partial charge in [-0.05, 0) is 24.6 Å². The van der Waals surface area contributed by atoms with Gasteiger partial charge in [-0.15, -0.1) is 5.10 Å². The molecule has 0 bridgehead atoms. The lowest BCUT2D eigenvalue weighted by molar-refractivity contribution is -0.137. The fourth-order valence-electron chi connectivity index (χ4n) is 2.25. The number of aromatic nitrogens is 3. The topological polar surface area (TPSA) is 42.7 Å². The molecule has 1 heterocycles. The quantitative estimate of drug-likeness (QED) is 0.923. The molecule has 1 aromatic carbocycles. The van der Waals surface area contributed by atoms with Gasteiger partial charge >= 0.3 is 6.18 Å². The van der Waals surface area contributed by atoms with Gasteiger partial charge in [-0.25, -0.2) is 0 Å². The monoisotopic (exact) mass is 298 g/mol. The van der Waals surface area contributed by atoms with Crippen molar-refractivity contribution in [3.05, 3.63) is 47.3 Å². The molecular weight excluding hydrogens is 281 g/mol. The third-order valence-corrected chi connectivity index (χ3v) is 3.25. The van der Waals surface area contributed by atoms with Gasteiger partial charge in [-0.2, -0.15) is 13.2 Å². The van der Waals surface area contributed by atoms with Crippen LogP contribution in [-0.2, 0) is 19.6 Å². The van der Waals surface area contributed by atoms with E-state index in [0.717, 1.165) is 11.8 Å². The second-order valence-electron chi connectivity index (χ2n) is 4.80. The minimum atomic E-state index is -4.32. The number of hydrogen-bond acceptors (Lipinski definition) is 3. The first-order valence-corrected chi connectivity index (χ1v) is 6.66. The van der Waals surface area contributed by atoms with Crippen molar-refractivity contribution in [1.29, 1.82) is 0 Å². The van der Waals surface area contributed by atoms with Crippen LogP contribution in [0.1, 0.15) is 29.8 Å². The molecule has 4 nitrogen and oxygen atoms in total. The molecule has 0 aliphatic rings. The van der Waals surface area contributed by atoms with Gasteiger partial charge < -0.3 is 5.32 Å². The summed E-state index contributed by atoms with van der Waals surface area (Å²) in [6.45, 7) is 2.65. The predicted molar refractivity (Wildman–Crippen MR) is 72.6 cm³/mol. The summed E-state index contributed by atoms with van der Waals surface area (Å²) in [7, 11) is 1.76. The van der Waals surface area contributed by atoms with E-state index in [-0.39, 0.29) is 6.04 Å². The smallest absolute Gasteiger partial charge is 0.309 e. The zero-order chi connectivity index (χ0) is 15.5. The third kappa shape index (κ3) is 3.81. The number of hydrogen-bond donors (Lipinski definition) is 1. The summed E-state index contributed by atoms with van der Waals surface area (Å²) in [6.07, 6.45) is -2.25. The molecular formula is C14H17F3N4. The van der Waals surface area contributed by atoms with Crippen molar-refractivity contribution < 1.29 is 13.2 Å². The fraction of sp³-hybridized carbons (Fsp3) is 0.429. The highest BCUT2D eigenvalue weighted by Crippen LogP contribution is 2.30. The summed E-state index contributed by atoms with van der Waals surface area (Å²) in [5.74, 6) is 0. The van der Waals surface area contributed by atoms with Gasteiger partial charge in [-0.3, -0.25) is 4.68 Å². The Balaban J connectivity index is 2.24. The summed E-state index contributed by atoms with van der Waals surface area (Å²) in [5, 5.41) is 10.9. The first-order valence-electron chi connectivity index (χ1n) is 6.66. The van der Waals surface area contributed by atoms with Gasteiger partial charge in [0.25, 0.3) is 0 Å². The van der Waals surface area contributed by atoms with Gasteiger partial charge in [0.15, 0.2) is 0 Å². The second kappa shape index (κ2) is 6.26. The number of likely N-dealkylation sites (N-methyl/N-ethyl adjacent to an activating group) is 1. The molecule has 0 aliphatic heterocycles. The van der Waals surface area contributed by atoms with Crippen molar-refractivity contribution in [2.45, 2.75) is 25.6 Å². The third-order valence-electron chi connectivity index (χ3n) is 3.25. The van der Waals surface area contributed by atoms with E-state index >= 15 is 0 Å². The van der Waals surface area contributed by atoms with E-state index in [9.17, 15) is 13.2 Å². The normalized spacial score (nSPS) is 13.4. The number of halogens is 3. The average molecular weight is 298 g/mol. The SMILES string of the molecule is CCNC(Cc1cccc(C(F)(F)F)c1)c1cnnn1C. The summed E-state index contributed by atoms with van der Waals surface area (Å²) in [4.78, 5) is 0. The van der Waals surface area contributed by atoms with Crippen LogP contribution in [0.25, 0.3) is 0 Å². The first-order chi connectivity index (χ1) is 9.91. The molecule has 0 amide bonds. The summed E-state index contributed by atoms with van der Waals surface area (Å²) >= 11 is 0. The van der Waals surface area contributed by atoms with Gasteiger partial charge in [0.1, 0.15) is 0 Å². The van der Waals surface area contributed by atoms with Gasteiger partial charge in [0, 0.05) is 7.05 Å². The van der Waals surface area contributed by atoms with Crippen LogP contribution in [0.15, 0.2) is 30.5 Å². The van der Waals surface area contributed by atoms with E-state index < -0.39 is 11.7 Å². The zero-order valence-corrected chi connectivity index (χ0v) is 11.9. The largest absolute Gasteiger partial charge is 0.416 e. The number of alkyl halides is 3. The molecule has 21 heavy (non-hydrogen) atoms. The van der Waals surface area contributed by atoms with E-state index in [4.69, 9.17) is 0 Å². The first kappa shape index (κ1) is 15.5. The van der Waals surface area contributed by atoms with E-state index in [1.54, 1.807) is 24.0 Å². The second-order valence-corrected chi connectivity index (χ2v) is 4.80. The minimum absolute atomic E-state index is 0.126. The summed E-state index contributed by atoms with van der Waals surface area (Å²) in [6, 6.07) is 5.27. The van der Waals surface area contributed by atoms with Crippen molar-refractivity contribution in [3.63, 3.8) is 0 Å². The van der Waals surface area contributed by atoms with E-state index in [0.29, 0.717) is 18.5 Å². The molecule has 0 spiro atoms. The lowest BCUT2D eigenvalue weighted by Crippen LogP contribution is -2.25. The highest BCUT2D eigenvalue weighted by molar-refractivity contribution is 5.27. The van der Waals surface area contributed by atoms with Gasteiger partial charge in [0.05, 0.1) is 23.5 Å². The molecule has 1 aromatic heterocycles. The molecule has 7 heteroatoms. The Labute approximate surface area is 121 Å². The van der Waals surface area contributed by atoms with Crippen LogP contribution in [0.4, 0.5) is 13.2 Å². The maximum absolute atomic E-state index is 12.8. The van der Waals surface area contributed by atoms with Crippen LogP contribution in [0.3, 0.4) is 0 Å². The number of nitrogens with one attached hydrogen (secondary N) is 1. The Bertz CT molecular complexity index is 592. The van der Waals surface area contributed by atoms with Crippen LogP contribution in [0, 0.1) is 0 Å². The molecule has 0 saturated heterocycles. The Morgan fingerprint density at radius 1 is 1.33 bits per heavy atom. The van der Waals surface area contributed by atoms with Crippen LogP contribution < -0.4 is 5.32 Å². The number of rotatable bonds is 5. The summed E-state index contributed by atoms with van der Waals surface area (Å²) in [5.41, 5.74) is 0.838. The zero-order valence-electron chi connectivity index (χ0n) is 11.9. The van der Waals surface area contributed by atoms with Crippen molar-refractivity contribution in [2.75, 3.05) is 6.54 Å². The minimum Gasteiger partial charge on any atom is -0.309 e. The fourth-order valence-corrected chi connectivity index (χ4v) is 2.25. The van der Waals surface area contributed by atoms with Crippen molar-refractivity contribution >= 4 is 0 Å². The van der Waals surface area contributed by atoms with Crippen molar-refractivity contribution in [3.8, 4) is 0 Å². The number of nitrogens with zero attached hydrogens (tertiary/aromatic N) is 3. The Kier molecular flexibility index (Phi) is 4.62. The van der Waals surface area contributed by atoms with E-state index in [2.05, 4.69) is 15.6 Å². The van der Waals surface area contributed by atoms with Crippen LogP contribution >= 0.6 is 0 Å². The van der Waals surface area contributed by atoms with Crippen molar-refractivity contribution in [2.24, 2.45) is 7.05 Å². The molecule has 1 atom stereocenters. The highest BCUT2D eigenvalue weighted by atomic mass is 19.4. The molecule has 1 N–H and O–H groups in total. The Morgan fingerprint density at radius 2 is 2.10 bits per heavy atom. The van der Waals surface area contributed by atoms with Gasteiger partial charge in [-0.1, -0.05) is 30.3 Å². The maximum atomic E-state index is 12.8. The molecule has 0 radical (unpaired) electrons. The lowest BCUT2D eigenvalue weighted by atomic mass is 10.0. The Hall–Kier alpha value is -1.89. The van der Waals surface area contributed by atoms with Gasteiger partial charge in [0.2, 0.25) is 0 Å². The van der Waals surface area contributed by atoms with E-state index in [1.165, 1.54) is 12.1 Å². The lowest BCUT2D eigenvalue weighted by Gasteiger charge is -2.18. The predicted octanol–water partition coefficient (Wildman–Crippen LogP) is 2.73. The van der Waals surface area contributed by atoms with Crippen LogP contribution in [0.5, 0.6) is 0 Å². The maximum Gasteiger partial charge on any atom is 0.416 e. The molecule has 0 aliphatic carbocycles. The average Bonchev–Trinajstić information content (AvgIpc) is 2.84. The van der Waals surface area contributed by atoms with Crippen LogP contribution in [-0.4, -0.2) is 21.5 Å².